The van der Waals surface area contributed by atoms with Crippen LogP contribution in [0.3, 0.4) is 0 Å². The minimum Gasteiger partial charge on any atom is -0.311 e. The van der Waals surface area contributed by atoms with Gasteiger partial charge in [0.25, 0.3) is 5.91 Å². The standard InChI is InChI=1S/C16H16N4O/c1-4-15-14(9-11(2)18-19-15)16(21)20(3)13-7-5-12(10-17)6-8-13/h5-9H,4H2,1-3H3. The topological polar surface area (TPSA) is 69.9 Å². The van der Waals surface area contributed by atoms with Gasteiger partial charge in [-0.25, -0.2) is 0 Å². The van der Waals surface area contributed by atoms with Gasteiger partial charge in [0.05, 0.1) is 28.6 Å². The van der Waals surface area contributed by atoms with Gasteiger partial charge in [0.1, 0.15) is 0 Å². The fourth-order valence-corrected chi connectivity index (χ4v) is 2.02. The first-order valence-corrected chi connectivity index (χ1v) is 6.68. The minimum atomic E-state index is -0.130. The van der Waals surface area contributed by atoms with Gasteiger partial charge in [-0.15, -0.1) is 0 Å². The number of rotatable bonds is 3. The molecule has 21 heavy (non-hydrogen) atoms. The van der Waals surface area contributed by atoms with Crippen LogP contribution in [-0.2, 0) is 6.42 Å². The molecule has 2 aromatic rings. The van der Waals surface area contributed by atoms with Gasteiger partial charge in [-0.3, -0.25) is 4.79 Å². The summed E-state index contributed by atoms with van der Waals surface area (Å²) in [4.78, 5) is 14.2. The normalized spacial score (nSPS) is 10.0. The van der Waals surface area contributed by atoms with E-state index in [4.69, 9.17) is 5.26 Å². The van der Waals surface area contributed by atoms with Gasteiger partial charge in [0.2, 0.25) is 0 Å². The summed E-state index contributed by atoms with van der Waals surface area (Å²) in [6.07, 6.45) is 0.648. The zero-order valence-corrected chi connectivity index (χ0v) is 12.3. The first-order chi connectivity index (χ1) is 10.1. The molecule has 2 rings (SSSR count). The van der Waals surface area contributed by atoms with E-state index < -0.39 is 0 Å². The van der Waals surface area contributed by atoms with Crippen molar-refractivity contribution in [2.24, 2.45) is 0 Å². The molecule has 5 heteroatoms. The van der Waals surface area contributed by atoms with Gasteiger partial charge in [0.15, 0.2) is 0 Å². The number of amides is 1. The monoisotopic (exact) mass is 280 g/mol. The molecule has 0 radical (unpaired) electrons. The summed E-state index contributed by atoms with van der Waals surface area (Å²) < 4.78 is 0. The fourth-order valence-electron chi connectivity index (χ4n) is 2.02. The third-order valence-corrected chi connectivity index (χ3v) is 3.25. The van der Waals surface area contributed by atoms with Crippen LogP contribution in [0, 0.1) is 18.3 Å². The number of hydrogen-bond acceptors (Lipinski definition) is 4. The Balaban J connectivity index is 2.34. The number of nitriles is 1. The Hall–Kier alpha value is -2.74. The summed E-state index contributed by atoms with van der Waals surface area (Å²) in [7, 11) is 1.71. The lowest BCUT2D eigenvalue weighted by atomic mass is 10.1. The highest BCUT2D eigenvalue weighted by atomic mass is 16.2. The molecule has 1 amide bonds. The van der Waals surface area contributed by atoms with Gasteiger partial charge in [-0.2, -0.15) is 15.5 Å². The third-order valence-electron chi connectivity index (χ3n) is 3.25. The van der Waals surface area contributed by atoms with Crippen molar-refractivity contribution in [1.29, 1.82) is 5.26 Å². The molecule has 0 saturated carbocycles. The number of aromatic nitrogens is 2. The van der Waals surface area contributed by atoms with E-state index in [2.05, 4.69) is 16.3 Å². The third kappa shape index (κ3) is 3.06. The van der Waals surface area contributed by atoms with Crippen molar-refractivity contribution in [3.63, 3.8) is 0 Å². The van der Waals surface area contributed by atoms with E-state index in [1.165, 1.54) is 0 Å². The van der Waals surface area contributed by atoms with Crippen molar-refractivity contribution in [1.82, 2.24) is 10.2 Å². The Morgan fingerprint density at radius 3 is 2.52 bits per heavy atom. The Morgan fingerprint density at radius 1 is 1.29 bits per heavy atom. The van der Waals surface area contributed by atoms with Crippen molar-refractivity contribution in [2.45, 2.75) is 20.3 Å². The van der Waals surface area contributed by atoms with E-state index in [0.29, 0.717) is 28.9 Å². The molecule has 1 aromatic carbocycles. The van der Waals surface area contributed by atoms with Crippen molar-refractivity contribution < 1.29 is 4.79 Å². The minimum absolute atomic E-state index is 0.130. The smallest absolute Gasteiger partial charge is 0.259 e. The quantitative estimate of drug-likeness (QED) is 0.866. The van der Waals surface area contributed by atoms with Crippen molar-refractivity contribution in [3.05, 3.63) is 52.8 Å². The summed E-state index contributed by atoms with van der Waals surface area (Å²) in [5.74, 6) is -0.130. The molecule has 0 aliphatic carbocycles. The second-order valence-electron chi connectivity index (χ2n) is 4.72. The number of hydrogen-bond donors (Lipinski definition) is 0. The number of nitrogens with zero attached hydrogens (tertiary/aromatic N) is 4. The Bertz CT molecular complexity index is 701. The molecule has 0 aliphatic heterocycles. The molecule has 1 heterocycles. The van der Waals surface area contributed by atoms with E-state index in [-0.39, 0.29) is 5.91 Å². The SMILES string of the molecule is CCc1nnc(C)cc1C(=O)N(C)c1ccc(C#N)cc1. The van der Waals surface area contributed by atoms with E-state index in [0.717, 1.165) is 5.69 Å². The molecule has 0 saturated heterocycles. The average Bonchev–Trinajstić information content (AvgIpc) is 2.53. The highest BCUT2D eigenvalue weighted by molar-refractivity contribution is 6.06. The van der Waals surface area contributed by atoms with E-state index in [1.807, 2.05) is 13.8 Å². The molecular weight excluding hydrogens is 264 g/mol. The first-order valence-electron chi connectivity index (χ1n) is 6.68. The summed E-state index contributed by atoms with van der Waals surface area (Å²) in [6, 6.07) is 10.7. The van der Waals surface area contributed by atoms with Crippen LogP contribution < -0.4 is 4.90 Å². The Kier molecular flexibility index (Phi) is 4.29. The number of carbonyl (C=O) groups is 1. The number of benzene rings is 1. The lowest BCUT2D eigenvalue weighted by molar-refractivity contribution is 0.0991. The average molecular weight is 280 g/mol. The highest BCUT2D eigenvalue weighted by Gasteiger charge is 2.18. The van der Waals surface area contributed by atoms with Gasteiger partial charge >= 0.3 is 0 Å². The summed E-state index contributed by atoms with van der Waals surface area (Å²) in [6.45, 7) is 3.75. The van der Waals surface area contributed by atoms with Crippen LogP contribution in [0.15, 0.2) is 30.3 Å². The van der Waals surface area contributed by atoms with Crippen LogP contribution in [0.5, 0.6) is 0 Å². The first kappa shape index (κ1) is 14.7. The van der Waals surface area contributed by atoms with E-state index in [1.54, 1.807) is 42.3 Å². The Morgan fingerprint density at radius 2 is 1.95 bits per heavy atom. The van der Waals surface area contributed by atoms with Gasteiger partial charge in [0, 0.05) is 12.7 Å². The van der Waals surface area contributed by atoms with E-state index in [9.17, 15) is 4.79 Å². The van der Waals surface area contributed by atoms with Crippen LogP contribution in [0.4, 0.5) is 5.69 Å². The molecular formula is C16H16N4O. The molecule has 0 unspecified atom stereocenters. The molecule has 106 valence electrons. The Labute approximate surface area is 123 Å². The lowest BCUT2D eigenvalue weighted by Crippen LogP contribution is -2.27. The highest BCUT2D eigenvalue weighted by Crippen LogP contribution is 2.18. The maximum absolute atomic E-state index is 12.6. The number of anilines is 1. The summed E-state index contributed by atoms with van der Waals surface area (Å²) in [5, 5.41) is 16.9. The van der Waals surface area contributed by atoms with Gasteiger partial charge in [-0.1, -0.05) is 6.92 Å². The summed E-state index contributed by atoms with van der Waals surface area (Å²) >= 11 is 0. The van der Waals surface area contributed by atoms with Crippen LogP contribution in [0.2, 0.25) is 0 Å². The lowest BCUT2D eigenvalue weighted by Gasteiger charge is -2.18. The number of aryl methyl sites for hydroxylation is 2. The molecule has 0 N–H and O–H groups in total. The van der Waals surface area contributed by atoms with Crippen molar-refractivity contribution in [3.8, 4) is 6.07 Å². The second-order valence-corrected chi connectivity index (χ2v) is 4.72. The van der Waals surface area contributed by atoms with Crippen LogP contribution in [-0.4, -0.2) is 23.2 Å². The molecule has 1 aromatic heterocycles. The predicted octanol–water partition coefficient (Wildman–Crippen LogP) is 2.50. The van der Waals surface area contributed by atoms with Gasteiger partial charge < -0.3 is 4.90 Å². The maximum atomic E-state index is 12.6. The molecule has 0 bridgehead atoms. The van der Waals surface area contributed by atoms with E-state index >= 15 is 0 Å². The fraction of sp³-hybridized carbons (Fsp3) is 0.250. The molecule has 0 aliphatic rings. The zero-order valence-electron chi connectivity index (χ0n) is 12.3. The molecule has 0 atom stereocenters. The number of carbonyl (C=O) groups excluding carboxylic acids is 1. The summed E-state index contributed by atoms with van der Waals surface area (Å²) in [5.41, 5.74) is 3.26. The van der Waals surface area contributed by atoms with Crippen LogP contribution in [0.1, 0.15) is 34.2 Å². The second kappa shape index (κ2) is 6.14. The molecule has 5 nitrogen and oxygen atoms in total. The zero-order chi connectivity index (χ0) is 15.4. The molecule has 0 fully saturated rings. The molecule has 0 spiro atoms. The maximum Gasteiger partial charge on any atom is 0.259 e. The van der Waals surface area contributed by atoms with Crippen molar-refractivity contribution >= 4 is 11.6 Å². The van der Waals surface area contributed by atoms with Crippen LogP contribution >= 0.6 is 0 Å². The van der Waals surface area contributed by atoms with Gasteiger partial charge in [-0.05, 0) is 43.7 Å². The van der Waals surface area contributed by atoms with Crippen LogP contribution in [0.25, 0.3) is 0 Å². The largest absolute Gasteiger partial charge is 0.311 e. The predicted molar refractivity (Wildman–Crippen MR) is 80.0 cm³/mol. The van der Waals surface area contributed by atoms with Crippen molar-refractivity contribution in [2.75, 3.05) is 11.9 Å².